The van der Waals surface area contributed by atoms with Gasteiger partial charge in [0.2, 0.25) is 10.0 Å². The summed E-state index contributed by atoms with van der Waals surface area (Å²) in [6.45, 7) is 0. The first kappa shape index (κ1) is 17.8. The average molecular weight is 360 g/mol. The number of hydrogen-bond donors (Lipinski definition) is 1. The number of nitrogens with one attached hydrogen (secondary N) is 1. The number of hydrogen-bond acceptors (Lipinski definition) is 3. The zero-order chi connectivity index (χ0) is 17.7. The summed E-state index contributed by atoms with van der Waals surface area (Å²) in [7, 11) is -3.49. The second-order valence-electron chi connectivity index (χ2n) is 6.26. The van der Waals surface area contributed by atoms with Gasteiger partial charge in [0.1, 0.15) is 5.82 Å². The highest BCUT2D eigenvalue weighted by atomic mass is 32.2. The van der Waals surface area contributed by atoms with E-state index in [0.29, 0.717) is 5.69 Å². The molecule has 1 aliphatic carbocycles. The molecule has 0 bridgehead atoms. The van der Waals surface area contributed by atoms with E-state index in [2.05, 4.69) is 9.71 Å². The predicted octanol–water partition coefficient (Wildman–Crippen LogP) is 4.19. The molecule has 132 valence electrons. The van der Waals surface area contributed by atoms with E-state index in [9.17, 15) is 12.8 Å². The van der Waals surface area contributed by atoms with Crippen LogP contribution in [0.15, 0.2) is 58.4 Å². The van der Waals surface area contributed by atoms with E-state index in [-0.39, 0.29) is 16.8 Å². The highest BCUT2D eigenvalue weighted by molar-refractivity contribution is 7.89. The SMILES string of the molecule is O=S(=O)(NC1CCCCC1)c1ccc(N=Cc2ccc(F)cc2)cc1. The number of benzene rings is 2. The van der Waals surface area contributed by atoms with Gasteiger partial charge in [0.05, 0.1) is 10.6 Å². The highest BCUT2D eigenvalue weighted by Gasteiger charge is 2.21. The molecule has 0 aromatic heterocycles. The second-order valence-corrected chi connectivity index (χ2v) is 7.97. The molecule has 2 aromatic rings. The van der Waals surface area contributed by atoms with Gasteiger partial charge in [-0.1, -0.05) is 31.4 Å². The summed E-state index contributed by atoms with van der Waals surface area (Å²) in [6, 6.07) is 12.5. The van der Waals surface area contributed by atoms with Gasteiger partial charge in [-0.2, -0.15) is 0 Å². The Hall–Kier alpha value is -2.05. The minimum Gasteiger partial charge on any atom is -0.256 e. The van der Waals surface area contributed by atoms with Crippen LogP contribution in [0.1, 0.15) is 37.7 Å². The Morgan fingerprint density at radius 2 is 1.60 bits per heavy atom. The molecular formula is C19H21FN2O2S. The molecule has 0 saturated heterocycles. The van der Waals surface area contributed by atoms with Gasteiger partial charge >= 0.3 is 0 Å². The van der Waals surface area contributed by atoms with Gasteiger partial charge < -0.3 is 0 Å². The van der Waals surface area contributed by atoms with Crippen molar-refractivity contribution in [3.05, 3.63) is 59.9 Å². The van der Waals surface area contributed by atoms with Gasteiger partial charge in [0, 0.05) is 12.3 Å². The van der Waals surface area contributed by atoms with Crippen LogP contribution in [0.25, 0.3) is 0 Å². The summed E-state index contributed by atoms with van der Waals surface area (Å²) in [5.41, 5.74) is 1.41. The fraction of sp³-hybridized carbons (Fsp3) is 0.316. The number of halogens is 1. The van der Waals surface area contributed by atoms with E-state index < -0.39 is 10.0 Å². The van der Waals surface area contributed by atoms with Crippen molar-refractivity contribution in [2.45, 2.75) is 43.0 Å². The van der Waals surface area contributed by atoms with Crippen molar-refractivity contribution in [3.8, 4) is 0 Å². The van der Waals surface area contributed by atoms with Crippen LogP contribution < -0.4 is 4.72 Å². The minimum atomic E-state index is -3.49. The fourth-order valence-corrected chi connectivity index (χ4v) is 4.22. The monoisotopic (exact) mass is 360 g/mol. The zero-order valence-corrected chi connectivity index (χ0v) is 14.7. The van der Waals surface area contributed by atoms with Crippen molar-refractivity contribution in [1.82, 2.24) is 4.72 Å². The zero-order valence-electron chi connectivity index (χ0n) is 13.9. The van der Waals surface area contributed by atoms with Crippen LogP contribution in [-0.2, 0) is 10.0 Å². The van der Waals surface area contributed by atoms with Crippen LogP contribution in [0.5, 0.6) is 0 Å². The van der Waals surface area contributed by atoms with E-state index in [0.717, 1.165) is 31.2 Å². The molecule has 0 spiro atoms. The van der Waals surface area contributed by atoms with Crippen LogP contribution in [-0.4, -0.2) is 20.7 Å². The second kappa shape index (κ2) is 7.89. The number of sulfonamides is 1. The molecule has 1 aliphatic rings. The molecule has 4 nitrogen and oxygen atoms in total. The summed E-state index contributed by atoms with van der Waals surface area (Å²) in [5.74, 6) is -0.294. The van der Waals surface area contributed by atoms with E-state index in [1.807, 2.05) is 0 Å². The van der Waals surface area contributed by atoms with Crippen LogP contribution in [0.3, 0.4) is 0 Å². The molecule has 2 aromatic carbocycles. The first-order valence-electron chi connectivity index (χ1n) is 8.45. The lowest BCUT2D eigenvalue weighted by atomic mass is 9.96. The van der Waals surface area contributed by atoms with Crippen molar-refractivity contribution in [3.63, 3.8) is 0 Å². The molecule has 1 N–H and O–H groups in total. The Morgan fingerprint density at radius 3 is 2.24 bits per heavy atom. The molecule has 6 heteroatoms. The number of rotatable bonds is 5. The van der Waals surface area contributed by atoms with E-state index in [1.165, 1.54) is 18.6 Å². The molecular weight excluding hydrogens is 339 g/mol. The van der Waals surface area contributed by atoms with Gasteiger partial charge in [-0.3, -0.25) is 4.99 Å². The first-order chi connectivity index (χ1) is 12.0. The lowest BCUT2D eigenvalue weighted by Gasteiger charge is -2.22. The minimum absolute atomic E-state index is 0.0370. The highest BCUT2D eigenvalue weighted by Crippen LogP contribution is 2.21. The Balaban J connectivity index is 1.67. The van der Waals surface area contributed by atoms with Crippen LogP contribution in [0.4, 0.5) is 10.1 Å². The summed E-state index contributed by atoms with van der Waals surface area (Å²) in [5, 5.41) is 0. The van der Waals surface area contributed by atoms with Gasteiger partial charge in [-0.25, -0.2) is 17.5 Å². The third-order valence-electron chi connectivity index (χ3n) is 4.31. The Kier molecular flexibility index (Phi) is 5.60. The molecule has 0 aliphatic heterocycles. The van der Waals surface area contributed by atoms with E-state index >= 15 is 0 Å². The lowest BCUT2D eigenvalue weighted by Crippen LogP contribution is -2.36. The average Bonchev–Trinajstić information content (AvgIpc) is 2.62. The molecule has 25 heavy (non-hydrogen) atoms. The predicted molar refractivity (Wildman–Crippen MR) is 97.3 cm³/mol. The van der Waals surface area contributed by atoms with Crippen LogP contribution in [0.2, 0.25) is 0 Å². The molecule has 3 rings (SSSR count). The van der Waals surface area contributed by atoms with Crippen molar-refractivity contribution >= 4 is 21.9 Å². The van der Waals surface area contributed by atoms with Gasteiger partial charge in [0.15, 0.2) is 0 Å². The molecule has 0 unspecified atom stereocenters. The number of nitrogens with zero attached hydrogens (tertiary/aromatic N) is 1. The topological polar surface area (TPSA) is 58.5 Å². The van der Waals surface area contributed by atoms with Gasteiger partial charge in [0.25, 0.3) is 0 Å². The van der Waals surface area contributed by atoms with Gasteiger partial charge in [-0.05, 0) is 54.8 Å². The lowest BCUT2D eigenvalue weighted by molar-refractivity contribution is 0.412. The maximum atomic E-state index is 12.9. The quantitative estimate of drug-likeness (QED) is 0.813. The van der Waals surface area contributed by atoms with E-state index in [4.69, 9.17) is 0 Å². The molecule has 1 fully saturated rings. The molecule has 1 saturated carbocycles. The van der Waals surface area contributed by atoms with Gasteiger partial charge in [-0.15, -0.1) is 0 Å². The van der Waals surface area contributed by atoms with E-state index in [1.54, 1.807) is 42.6 Å². The van der Waals surface area contributed by atoms with Crippen molar-refractivity contribution in [2.24, 2.45) is 4.99 Å². The molecule has 0 atom stereocenters. The largest absolute Gasteiger partial charge is 0.256 e. The maximum Gasteiger partial charge on any atom is 0.240 e. The summed E-state index contributed by atoms with van der Waals surface area (Å²) >= 11 is 0. The Bertz CT molecular complexity index is 825. The van der Waals surface area contributed by atoms with Crippen LogP contribution in [0, 0.1) is 5.82 Å². The maximum absolute atomic E-state index is 12.9. The number of aliphatic imine (C=N–C) groups is 1. The molecule has 0 amide bonds. The first-order valence-corrected chi connectivity index (χ1v) is 9.93. The fourth-order valence-electron chi connectivity index (χ4n) is 2.92. The third kappa shape index (κ3) is 4.96. The standard InChI is InChI=1S/C19H21FN2O2S/c20-16-8-6-15(7-9-16)14-21-17-10-12-19(13-11-17)25(23,24)22-18-4-2-1-3-5-18/h6-14,18,22H,1-5H2. The Morgan fingerprint density at radius 1 is 0.960 bits per heavy atom. The smallest absolute Gasteiger partial charge is 0.240 e. The third-order valence-corrected chi connectivity index (χ3v) is 5.84. The van der Waals surface area contributed by atoms with Crippen LogP contribution >= 0.6 is 0 Å². The normalized spacial score (nSPS) is 16.4. The summed E-state index contributed by atoms with van der Waals surface area (Å²) in [6.07, 6.45) is 6.75. The Labute approximate surface area is 147 Å². The van der Waals surface area contributed by atoms with Crippen molar-refractivity contribution in [2.75, 3.05) is 0 Å². The summed E-state index contributed by atoms with van der Waals surface area (Å²) in [4.78, 5) is 4.53. The molecule has 0 radical (unpaired) electrons. The van der Waals surface area contributed by atoms with Crippen molar-refractivity contribution < 1.29 is 12.8 Å². The summed E-state index contributed by atoms with van der Waals surface area (Å²) < 4.78 is 40.5. The van der Waals surface area contributed by atoms with Crippen molar-refractivity contribution in [1.29, 1.82) is 0 Å². The molecule has 0 heterocycles.